The Labute approximate surface area is 586 Å². The van der Waals surface area contributed by atoms with Crippen molar-refractivity contribution in [1.29, 1.82) is 0 Å². The lowest BCUT2D eigenvalue weighted by atomic mass is 10.0. The number of aliphatic hydroxyl groups excluding tert-OH is 20. The van der Waals surface area contributed by atoms with Crippen molar-refractivity contribution in [3.63, 3.8) is 0 Å². The number of carboxylic acids is 2. The molecule has 1 aromatic rings. The molecule has 0 saturated heterocycles. The van der Waals surface area contributed by atoms with Crippen molar-refractivity contribution in [2.45, 2.75) is 199 Å². The molecule has 0 unspecified atom stereocenters. The van der Waals surface area contributed by atoms with Crippen LogP contribution in [-0.4, -0.2) is 389 Å². The summed E-state index contributed by atoms with van der Waals surface area (Å²) in [4.78, 5) is 117. The van der Waals surface area contributed by atoms with Gasteiger partial charge in [0.05, 0.1) is 70.0 Å². The minimum atomic E-state index is -2.10. The number of rotatable bonds is 57. The monoisotopic (exact) mass is 1480 g/mol. The van der Waals surface area contributed by atoms with Crippen LogP contribution in [0.3, 0.4) is 0 Å². The van der Waals surface area contributed by atoms with E-state index in [-0.39, 0.29) is 90.3 Å². The molecule has 588 valence electrons. The Kier molecular flexibility index (Phi) is 46.6. The molecule has 102 heavy (non-hydrogen) atoms. The Balaban J connectivity index is 3.23. The van der Waals surface area contributed by atoms with E-state index in [0.29, 0.717) is 5.56 Å². The smallest absolute Gasteiger partial charge is 0.326 e. The average Bonchev–Trinajstić information content (AvgIpc) is 0.888. The summed E-state index contributed by atoms with van der Waals surface area (Å²) >= 11 is 0. The highest BCUT2D eigenvalue weighted by molar-refractivity contribution is 5.93. The molecule has 0 aromatic heterocycles. The van der Waals surface area contributed by atoms with E-state index in [2.05, 4.69) is 37.2 Å². The molecule has 41 heteroatoms. The van der Waals surface area contributed by atoms with Crippen LogP contribution in [0.5, 0.6) is 0 Å². The lowest BCUT2D eigenvalue weighted by molar-refractivity contribution is -0.142. The number of unbranched alkanes of at least 4 members (excludes halogenated alkanes) is 3. The van der Waals surface area contributed by atoms with Crippen LogP contribution in [0, 0.1) is 0 Å². The first-order chi connectivity index (χ1) is 48.0. The van der Waals surface area contributed by atoms with Gasteiger partial charge in [-0.15, -0.1) is 0 Å². The van der Waals surface area contributed by atoms with Crippen molar-refractivity contribution in [1.82, 2.24) is 47.0 Å². The third kappa shape index (κ3) is 36.8. The van der Waals surface area contributed by atoms with E-state index < -0.39 is 254 Å². The van der Waals surface area contributed by atoms with Gasteiger partial charge in [-0.1, -0.05) is 36.8 Å². The normalized spacial score (nSPS) is 17.7. The average molecular weight is 1480 g/mol. The molecule has 0 aliphatic heterocycles. The molecule has 0 aliphatic carbocycles. The largest absolute Gasteiger partial charge is 0.480 e. The van der Waals surface area contributed by atoms with Gasteiger partial charge < -0.3 is 155 Å². The van der Waals surface area contributed by atoms with Gasteiger partial charge in [-0.2, -0.15) is 0 Å². The van der Waals surface area contributed by atoms with Gasteiger partial charge in [0.15, 0.2) is 0 Å². The fraction of sp³-hybridized carbons (Fsp3) is 0.754. The minimum absolute atomic E-state index is 0.0169. The number of benzene rings is 1. The van der Waals surface area contributed by atoms with Crippen molar-refractivity contribution < 1.29 is 155 Å². The van der Waals surface area contributed by atoms with Gasteiger partial charge in [0.2, 0.25) is 41.4 Å². The van der Waals surface area contributed by atoms with E-state index in [1.165, 1.54) is 9.80 Å². The maximum Gasteiger partial charge on any atom is 0.326 e. The molecule has 31 N–H and O–H groups in total. The zero-order valence-electron chi connectivity index (χ0n) is 56.3. The van der Waals surface area contributed by atoms with Gasteiger partial charge in [-0.05, 0) is 70.0 Å². The van der Waals surface area contributed by atoms with Crippen molar-refractivity contribution >= 4 is 53.3 Å². The fourth-order valence-corrected chi connectivity index (χ4v) is 9.96. The molecule has 0 bridgehead atoms. The van der Waals surface area contributed by atoms with Gasteiger partial charge in [-0.25, -0.2) is 4.79 Å². The Bertz CT molecular complexity index is 2560. The number of aliphatic carboxylic acids is 2. The number of nitrogens with two attached hydrogens (primary N) is 1. The van der Waals surface area contributed by atoms with Crippen LogP contribution >= 0.6 is 0 Å². The van der Waals surface area contributed by atoms with Crippen molar-refractivity contribution in [2.75, 3.05) is 91.9 Å². The number of carbonyl (C=O) groups is 9. The van der Waals surface area contributed by atoms with Crippen LogP contribution < -0.4 is 43.0 Å². The first-order valence-electron chi connectivity index (χ1n) is 33.0. The summed E-state index contributed by atoms with van der Waals surface area (Å²) in [5, 5.41) is 237. The molecule has 0 spiro atoms. The standard InChI is InChI=1S/C61H108N10O31/c62-33(12-5-8-18-70(24-37(76)50(90)54(94)41(80)28-72)25-38(77)51(91)55(95)42(81)29-73)58(98)68-34(60(100)69-35(61(101)102)14-6-9-19-71(26-39(78)52(92)56(96)43(82)30-74)27-40(79)53(93)57(97)44(83)31-75)13-4-7-17-63-45(84)15-16-46(85)64-21-47(86)65-22-48(87)67-36(59(99)66-23-49(88)89)20-32-10-2-1-3-11-32/h1-3,10-11,33-44,50-57,72-83,90-97H,4-9,12-31,62H2,(H,63,84)(H,64,85)(H,65,86)(H,66,99)(H,67,87)(H,68,98)(H,69,100)(H,88,89)(H,101,102)/t33-,34-,35-,36-,37-,38-,39-,40-,41+,42+,43+,44+,50+,51+,52+,53+,54+,55+,56+,57+/m0/s1. The number of carbonyl (C=O) groups excluding carboxylic acids is 7. The molecule has 7 amide bonds. The second-order valence-electron chi connectivity index (χ2n) is 24.6. The number of nitrogens with zero attached hydrogens (tertiary/aromatic N) is 2. The number of carboxylic acid groups (broad SMARTS) is 2. The van der Waals surface area contributed by atoms with E-state index in [4.69, 9.17) is 10.8 Å². The van der Waals surface area contributed by atoms with Crippen LogP contribution in [0.4, 0.5) is 0 Å². The quantitative estimate of drug-likeness (QED) is 0.0269. The first-order valence-corrected chi connectivity index (χ1v) is 33.0. The summed E-state index contributed by atoms with van der Waals surface area (Å²) in [6.45, 7) is -8.96. The molecule has 20 atom stereocenters. The van der Waals surface area contributed by atoms with E-state index >= 15 is 0 Å². The number of hydrogen-bond acceptors (Lipinski definition) is 32. The molecule has 41 nitrogen and oxygen atoms in total. The second kappa shape index (κ2) is 50.8. The summed E-state index contributed by atoms with van der Waals surface area (Å²) in [6, 6.07) is 2.60. The summed E-state index contributed by atoms with van der Waals surface area (Å²) in [7, 11) is 0. The van der Waals surface area contributed by atoms with E-state index in [1.807, 2.05) is 0 Å². The van der Waals surface area contributed by atoms with Crippen molar-refractivity contribution in [2.24, 2.45) is 5.73 Å². The third-order valence-electron chi connectivity index (χ3n) is 16.2. The topological polar surface area (TPSA) is 715 Å². The predicted octanol–water partition coefficient (Wildman–Crippen LogP) is -14.7. The van der Waals surface area contributed by atoms with E-state index in [1.54, 1.807) is 30.3 Å². The van der Waals surface area contributed by atoms with Gasteiger partial charge in [0.1, 0.15) is 97.9 Å². The molecule has 0 heterocycles. The molecular formula is C61H108N10O31. The Morgan fingerprint density at radius 3 is 1.17 bits per heavy atom. The molecular weight excluding hydrogens is 1370 g/mol. The summed E-state index contributed by atoms with van der Waals surface area (Å²) in [6.07, 6.45) is -33.3. The second-order valence-corrected chi connectivity index (χ2v) is 24.6. The number of aliphatic hydroxyl groups is 20. The van der Waals surface area contributed by atoms with Crippen molar-refractivity contribution in [3.8, 4) is 0 Å². The zero-order chi connectivity index (χ0) is 77.3. The Morgan fingerprint density at radius 1 is 0.373 bits per heavy atom. The van der Waals surface area contributed by atoms with Crippen LogP contribution in [-0.2, 0) is 49.6 Å². The number of hydrogen-bond donors (Lipinski definition) is 30. The molecule has 0 radical (unpaired) electrons. The van der Waals surface area contributed by atoms with Gasteiger partial charge in [0, 0.05) is 52.0 Å². The highest BCUT2D eigenvalue weighted by atomic mass is 16.4. The maximum atomic E-state index is 14.0. The summed E-state index contributed by atoms with van der Waals surface area (Å²) < 4.78 is 0. The molecule has 0 aliphatic rings. The van der Waals surface area contributed by atoms with Crippen LogP contribution in [0.15, 0.2) is 30.3 Å². The SMILES string of the molecule is N[C@@H](CCCCN(C[C@H](O)[C@@H](O)[C@H](O)[C@H](O)CO)C[C@H](O)[C@@H](O)[C@H](O)[C@H](O)CO)C(=O)N[C@@H](CCCCNC(=O)CCC(=O)NCC(=O)NCC(=O)N[C@@H](Cc1ccccc1)C(=O)NCC(=O)O)C(=O)N[C@@H](CCCCN(C[C@H](O)[C@@H](O)[C@H](O)[C@H](O)CO)C[C@H](O)[C@@H](O)[C@H](O)[C@H](O)CO)C(=O)O. The van der Waals surface area contributed by atoms with E-state index in [9.17, 15) is 150 Å². The van der Waals surface area contributed by atoms with Crippen LogP contribution in [0.2, 0.25) is 0 Å². The van der Waals surface area contributed by atoms with E-state index in [0.717, 1.165) is 0 Å². The van der Waals surface area contributed by atoms with Crippen LogP contribution in [0.25, 0.3) is 0 Å². The molecule has 0 fully saturated rings. The lowest BCUT2D eigenvalue weighted by Gasteiger charge is -2.33. The highest BCUT2D eigenvalue weighted by Gasteiger charge is 2.37. The number of nitrogens with one attached hydrogen (secondary N) is 7. The Morgan fingerprint density at radius 2 is 0.745 bits per heavy atom. The first kappa shape index (κ1) is 93.5. The molecule has 0 saturated carbocycles. The number of amides is 7. The van der Waals surface area contributed by atoms with Gasteiger partial charge in [-0.3, -0.25) is 48.2 Å². The van der Waals surface area contributed by atoms with Crippen molar-refractivity contribution in [3.05, 3.63) is 35.9 Å². The highest BCUT2D eigenvalue weighted by Crippen LogP contribution is 2.16. The zero-order valence-corrected chi connectivity index (χ0v) is 56.3. The molecule has 1 aromatic carbocycles. The predicted molar refractivity (Wildman–Crippen MR) is 349 cm³/mol. The van der Waals surface area contributed by atoms with Crippen LogP contribution in [0.1, 0.15) is 76.2 Å². The minimum Gasteiger partial charge on any atom is -0.480 e. The summed E-state index contributed by atoms with van der Waals surface area (Å²) in [5.41, 5.74) is 6.89. The maximum absolute atomic E-state index is 14.0. The Hall–Kier alpha value is -6.47. The summed E-state index contributed by atoms with van der Waals surface area (Å²) in [5.74, 6) is -8.72. The third-order valence-corrected chi connectivity index (χ3v) is 16.2. The van der Waals surface area contributed by atoms with Gasteiger partial charge >= 0.3 is 11.9 Å². The molecule has 1 rings (SSSR count). The lowest BCUT2D eigenvalue weighted by Crippen LogP contribution is -2.54. The fourth-order valence-electron chi connectivity index (χ4n) is 9.96. The van der Waals surface area contributed by atoms with Gasteiger partial charge in [0.25, 0.3) is 0 Å².